The van der Waals surface area contributed by atoms with E-state index in [0.29, 0.717) is 15.6 Å². The van der Waals surface area contributed by atoms with E-state index in [1.54, 1.807) is 0 Å². The van der Waals surface area contributed by atoms with Gasteiger partial charge in [-0.1, -0.05) is 11.6 Å². The first-order valence-corrected chi connectivity index (χ1v) is 5.61. The van der Waals surface area contributed by atoms with Crippen molar-refractivity contribution in [3.8, 4) is 0 Å². The zero-order chi connectivity index (χ0) is 11.3. The summed E-state index contributed by atoms with van der Waals surface area (Å²) in [7, 11) is 0. The van der Waals surface area contributed by atoms with E-state index in [2.05, 4.69) is 9.97 Å². The van der Waals surface area contributed by atoms with Crippen LogP contribution in [0, 0.1) is 5.82 Å². The molecule has 0 aliphatic carbocycles. The number of hydrogen-bond donors (Lipinski definition) is 1. The zero-order valence-corrected chi connectivity index (χ0v) is 9.32. The molecule has 3 aromatic rings. The Morgan fingerprint density at radius 1 is 1.44 bits per heavy atom. The van der Waals surface area contributed by atoms with Crippen LogP contribution in [0.25, 0.3) is 20.3 Å². The number of aromatic amines is 1. The molecule has 0 aliphatic rings. The Morgan fingerprint density at radius 2 is 2.25 bits per heavy atom. The number of rotatable bonds is 0. The number of nitrogens with zero attached hydrogens (tertiary/aromatic N) is 1. The van der Waals surface area contributed by atoms with Gasteiger partial charge in [0, 0.05) is 10.1 Å². The van der Waals surface area contributed by atoms with E-state index in [0.717, 1.165) is 4.70 Å². The molecule has 0 radical (unpaired) electrons. The SMILES string of the molecule is O=c1[nH]cnc2c1sc1cc(Cl)c(F)cc12. The van der Waals surface area contributed by atoms with Crippen LogP contribution in [0.2, 0.25) is 5.02 Å². The highest BCUT2D eigenvalue weighted by molar-refractivity contribution is 7.25. The number of aromatic nitrogens is 2. The molecule has 1 aromatic carbocycles. The predicted octanol–water partition coefficient (Wildman–Crippen LogP) is 2.93. The molecule has 0 saturated heterocycles. The van der Waals surface area contributed by atoms with Crippen LogP contribution in [0.4, 0.5) is 4.39 Å². The van der Waals surface area contributed by atoms with Gasteiger partial charge >= 0.3 is 0 Å². The second-order valence-corrected chi connectivity index (χ2v) is 4.73. The van der Waals surface area contributed by atoms with Crippen LogP contribution in [-0.2, 0) is 0 Å². The lowest BCUT2D eigenvalue weighted by atomic mass is 10.2. The van der Waals surface area contributed by atoms with Crippen molar-refractivity contribution in [2.45, 2.75) is 0 Å². The Morgan fingerprint density at radius 3 is 3.06 bits per heavy atom. The number of H-pyrrole nitrogens is 1. The van der Waals surface area contributed by atoms with E-state index in [1.807, 2.05) is 0 Å². The van der Waals surface area contributed by atoms with Gasteiger partial charge in [0.05, 0.1) is 16.9 Å². The molecule has 2 heterocycles. The number of nitrogens with one attached hydrogen (secondary N) is 1. The highest BCUT2D eigenvalue weighted by Crippen LogP contribution is 2.33. The van der Waals surface area contributed by atoms with Gasteiger partial charge < -0.3 is 4.98 Å². The molecule has 3 nitrogen and oxygen atoms in total. The van der Waals surface area contributed by atoms with Crippen LogP contribution >= 0.6 is 22.9 Å². The van der Waals surface area contributed by atoms with Gasteiger partial charge in [-0.15, -0.1) is 11.3 Å². The van der Waals surface area contributed by atoms with Crippen molar-refractivity contribution >= 4 is 43.2 Å². The molecular formula is C10H4ClFN2OS. The van der Waals surface area contributed by atoms with E-state index < -0.39 is 5.82 Å². The Kier molecular flexibility index (Phi) is 1.99. The average molecular weight is 255 g/mol. The van der Waals surface area contributed by atoms with Crippen molar-refractivity contribution in [3.05, 3.63) is 39.7 Å². The van der Waals surface area contributed by atoms with Gasteiger partial charge in [-0.25, -0.2) is 9.37 Å². The first kappa shape index (κ1) is 9.74. The van der Waals surface area contributed by atoms with Crippen LogP contribution < -0.4 is 5.56 Å². The van der Waals surface area contributed by atoms with Crippen LogP contribution in [0.1, 0.15) is 0 Å². The summed E-state index contributed by atoms with van der Waals surface area (Å²) in [6, 6.07) is 2.82. The molecule has 80 valence electrons. The smallest absolute Gasteiger partial charge is 0.268 e. The summed E-state index contributed by atoms with van der Waals surface area (Å²) in [5, 5.41) is 0.670. The van der Waals surface area contributed by atoms with E-state index in [1.165, 1.54) is 29.8 Å². The number of thiophene rings is 1. The molecule has 0 atom stereocenters. The Hall–Kier alpha value is -1.46. The molecule has 6 heteroatoms. The molecule has 0 spiro atoms. The van der Waals surface area contributed by atoms with Gasteiger partial charge in [0.25, 0.3) is 5.56 Å². The molecule has 3 rings (SSSR count). The molecule has 2 aromatic heterocycles. The second kappa shape index (κ2) is 3.26. The summed E-state index contributed by atoms with van der Waals surface area (Å²) < 4.78 is 14.6. The molecule has 0 bridgehead atoms. The van der Waals surface area contributed by atoms with Gasteiger partial charge in [-0.05, 0) is 12.1 Å². The van der Waals surface area contributed by atoms with Gasteiger partial charge in [-0.2, -0.15) is 0 Å². The van der Waals surface area contributed by atoms with Crippen molar-refractivity contribution in [1.82, 2.24) is 9.97 Å². The summed E-state index contributed by atoms with van der Waals surface area (Å²) in [6.45, 7) is 0. The first-order valence-electron chi connectivity index (χ1n) is 4.42. The highest BCUT2D eigenvalue weighted by Gasteiger charge is 2.11. The maximum absolute atomic E-state index is 13.3. The third kappa shape index (κ3) is 1.25. The zero-order valence-electron chi connectivity index (χ0n) is 7.75. The molecule has 16 heavy (non-hydrogen) atoms. The number of fused-ring (bicyclic) bond motifs is 3. The van der Waals surface area contributed by atoms with Crippen molar-refractivity contribution in [3.63, 3.8) is 0 Å². The largest absolute Gasteiger partial charge is 0.312 e. The standard InChI is InChI=1S/C10H4ClFN2OS/c11-5-2-7-4(1-6(5)12)8-9(16-7)10(15)14-3-13-8/h1-3H,(H,13,14,15). The van der Waals surface area contributed by atoms with Crippen molar-refractivity contribution in [2.75, 3.05) is 0 Å². The van der Waals surface area contributed by atoms with Gasteiger partial charge in [0.2, 0.25) is 0 Å². The minimum absolute atomic E-state index is 0.0514. The Balaban J connectivity index is 2.61. The lowest BCUT2D eigenvalue weighted by Crippen LogP contribution is -2.03. The summed E-state index contributed by atoms with van der Waals surface area (Å²) in [5.74, 6) is -0.504. The molecule has 0 fully saturated rings. The van der Waals surface area contributed by atoms with E-state index in [9.17, 15) is 9.18 Å². The van der Waals surface area contributed by atoms with E-state index in [-0.39, 0.29) is 10.6 Å². The molecule has 1 N–H and O–H groups in total. The highest BCUT2D eigenvalue weighted by atomic mass is 35.5. The third-order valence-electron chi connectivity index (χ3n) is 2.30. The summed E-state index contributed by atoms with van der Waals surface area (Å²) in [4.78, 5) is 18.0. The quantitative estimate of drug-likeness (QED) is 0.670. The van der Waals surface area contributed by atoms with Crippen LogP contribution in [0.3, 0.4) is 0 Å². The van der Waals surface area contributed by atoms with Crippen LogP contribution in [0.5, 0.6) is 0 Å². The molecule has 0 unspecified atom stereocenters. The Labute approximate surface area is 97.5 Å². The van der Waals surface area contributed by atoms with Gasteiger partial charge in [0.15, 0.2) is 0 Å². The summed E-state index contributed by atoms with van der Waals surface area (Å²) in [5.41, 5.74) is 0.294. The fourth-order valence-corrected chi connectivity index (χ4v) is 2.88. The maximum Gasteiger partial charge on any atom is 0.268 e. The molecular weight excluding hydrogens is 251 g/mol. The van der Waals surface area contributed by atoms with Crippen molar-refractivity contribution in [1.29, 1.82) is 0 Å². The minimum atomic E-state index is -0.504. The van der Waals surface area contributed by atoms with Crippen LogP contribution in [-0.4, -0.2) is 9.97 Å². The van der Waals surface area contributed by atoms with Gasteiger partial charge in [0.1, 0.15) is 10.5 Å². The fourth-order valence-electron chi connectivity index (χ4n) is 1.58. The lowest BCUT2D eigenvalue weighted by Gasteiger charge is -1.93. The second-order valence-electron chi connectivity index (χ2n) is 3.27. The predicted molar refractivity (Wildman–Crippen MR) is 62.7 cm³/mol. The number of benzene rings is 1. The number of hydrogen-bond acceptors (Lipinski definition) is 3. The Bertz CT molecular complexity index is 764. The van der Waals surface area contributed by atoms with Crippen LogP contribution in [0.15, 0.2) is 23.3 Å². The number of halogens is 2. The molecule has 0 saturated carbocycles. The monoisotopic (exact) mass is 254 g/mol. The molecule has 0 amide bonds. The minimum Gasteiger partial charge on any atom is -0.312 e. The average Bonchev–Trinajstić information content (AvgIpc) is 2.59. The fraction of sp³-hybridized carbons (Fsp3) is 0. The third-order valence-corrected chi connectivity index (χ3v) is 3.73. The van der Waals surface area contributed by atoms with E-state index in [4.69, 9.17) is 11.6 Å². The van der Waals surface area contributed by atoms with Gasteiger partial charge in [-0.3, -0.25) is 4.79 Å². The lowest BCUT2D eigenvalue weighted by molar-refractivity contribution is 0.630. The molecule has 0 aliphatic heterocycles. The summed E-state index contributed by atoms with van der Waals surface area (Å²) in [6.07, 6.45) is 1.31. The normalized spacial score (nSPS) is 11.4. The summed E-state index contributed by atoms with van der Waals surface area (Å²) >= 11 is 6.93. The maximum atomic E-state index is 13.3. The van der Waals surface area contributed by atoms with Crippen molar-refractivity contribution < 1.29 is 4.39 Å². The van der Waals surface area contributed by atoms with Crippen molar-refractivity contribution in [2.24, 2.45) is 0 Å². The van der Waals surface area contributed by atoms with E-state index >= 15 is 0 Å². The first-order chi connectivity index (χ1) is 7.66. The topological polar surface area (TPSA) is 45.8 Å².